The van der Waals surface area contributed by atoms with E-state index in [1.165, 1.54) is 11.1 Å². The van der Waals surface area contributed by atoms with Gasteiger partial charge in [-0.25, -0.2) is 0 Å². The predicted molar refractivity (Wildman–Crippen MR) is 145 cm³/mol. The van der Waals surface area contributed by atoms with E-state index in [1.807, 2.05) is 13.0 Å². The van der Waals surface area contributed by atoms with Gasteiger partial charge in [0.25, 0.3) is 4.67 Å². The molecule has 3 atom stereocenters. The summed E-state index contributed by atoms with van der Waals surface area (Å²) in [6, 6.07) is 0. The van der Waals surface area contributed by atoms with Crippen molar-refractivity contribution in [3.8, 4) is 0 Å². The molecule has 1 N–H and O–H groups in total. The lowest BCUT2D eigenvalue weighted by Gasteiger charge is -2.32. The number of hydrogen-bond donors (Lipinski definition) is 1. The first kappa shape index (κ1) is 33.8. The van der Waals surface area contributed by atoms with E-state index in [2.05, 4.69) is 39.8 Å². The number of esters is 1. The summed E-state index contributed by atoms with van der Waals surface area (Å²) in [5, 5.41) is 0. The van der Waals surface area contributed by atoms with Crippen LogP contribution in [-0.2, 0) is 29.0 Å². The summed E-state index contributed by atoms with van der Waals surface area (Å²) in [6.45, 7) is 10.4. The molecule has 0 heterocycles. The molecule has 7 nitrogen and oxygen atoms in total. The van der Waals surface area contributed by atoms with Crippen LogP contribution in [0.1, 0.15) is 105 Å². The van der Waals surface area contributed by atoms with Crippen LogP contribution in [0.3, 0.4) is 0 Å². The summed E-state index contributed by atoms with van der Waals surface area (Å²) >= 11 is 0. The Bertz CT molecular complexity index is 842. The van der Waals surface area contributed by atoms with E-state index in [9.17, 15) is 22.3 Å². The van der Waals surface area contributed by atoms with Gasteiger partial charge in [0.15, 0.2) is 6.10 Å². The van der Waals surface area contributed by atoms with E-state index in [4.69, 9.17) is 9.47 Å². The van der Waals surface area contributed by atoms with E-state index < -0.39 is 35.3 Å². The molecule has 0 spiro atoms. The van der Waals surface area contributed by atoms with Gasteiger partial charge in [-0.2, -0.15) is 8.42 Å². The van der Waals surface area contributed by atoms with Crippen LogP contribution in [-0.4, -0.2) is 36.8 Å². The summed E-state index contributed by atoms with van der Waals surface area (Å²) in [5.41, 5.74) is 3.78. The molecule has 3 unspecified atom stereocenters. The fourth-order valence-corrected chi connectivity index (χ4v) is 5.34. The zero-order valence-electron chi connectivity index (χ0n) is 22.5. The van der Waals surface area contributed by atoms with Crippen LogP contribution in [0.4, 0.5) is 0 Å². The van der Waals surface area contributed by atoms with Crippen molar-refractivity contribution in [2.45, 2.75) is 116 Å². The quantitative estimate of drug-likeness (QED) is 0.0624. The number of ether oxygens (including phenoxy) is 2. The Morgan fingerprint density at radius 3 is 2.00 bits per heavy atom. The maximum Gasteiger partial charge on any atom is 0.306 e. The van der Waals surface area contributed by atoms with E-state index in [0.29, 0.717) is 12.8 Å². The summed E-state index contributed by atoms with van der Waals surface area (Å²) in [7, 11) is -5.98. The second kappa shape index (κ2) is 18.1. The normalized spacial score (nSPS) is 15.7. The van der Waals surface area contributed by atoms with Crippen LogP contribution in [0.2, 0.25) is 0 Å². The van der Waals surface area contributed by atoms with E-state index >= 15 is 0 Å². The molecule has 0 aromatic rings. The predicted octanol–water partition coefficient (Wildman–Crippen LogP) is 7.01. The molecular formula is C26H47O7PS. The molecule has 0 bridgehead atoms. The Balaban J connectivity index is 5.18. The Kier molecular flexibility index (Phi) is 17.5. The number of hydrogen-bond acceptors (Lipinski definition) is 6. The summed E-state index contributed by atoms with van der Waals surface area (Å²) in [6.07, 6.45) is 12.9. The molecule has 35 heavy (non-hydrogen) atoms. The number of allylic oxidation sites excluding steroid dienone is 6. The Labute approximate surface area is 214 Å². The SMILES string of the molecule is CCCCCCC(=O)OC(CCC=C(C)CCC=C(C)CCC=C(C)C)C(OC)([PH2]=O)S(=O)(=O)O. The molecule has 0 aromatic carbocycles. The van der Waals surface area contributed by atoms with Crippen LogP contribution in [0.15, 0.2) is 34.9 Å². The van der Waals surface area contributed by atoms with Crippen LogP contribution in [0.5, 0.6) is 0 Å². The topological polar surface area (TPSA) is 107 Å². The molecule has 0 rings (SSSR count). The minimum absolute atomic E-state index is 0.0679. The largest absolute Gasteiger partial charge is 0.457 e. The highest BCUT2D eigenvalue weighted by Gasteiger charge is 2.52. The van der Waals surface area contributed by atoms with Crippen LogP contribution in [0, 0.1) is 0 Å². The van der Waals surface area contributed by atoms with Crippen molar-refractivity contribution in [2.75, 3.05) is 7.11 Å². The molecule has 0 saturated carbocycles. The molecule has 0 saturated heterocycles. The van der Waals surface area contributed by atoms with Gasteiger partial charge in [0, 0.05) is 13.5 Å². The second-order valence-corrected chi connectivity index (χ2v) is 12.4. The first-order valence-corrected chi connectivity index (χ1v) is 15.0. The van der Waals surface area contributed by atoms with Gasteiger partial charge in [0.2, 0.25) is 0 Å². The van der Waals surface area contributed by atoms with Crippen molar-refractivity contribution >= 4 is 24.5 Å². The molecule has 0 radical (unpaired) electrons. The number of carbonyl (C=O) groups is 1. The Hall–Kier alpha value is -1.21. The molecule has 0 amide bonds. The Morgan fingerprint density at radius 1 is 0.943 bits per heavy atom. The second-order valence-electron chi connectivity index (χ2n) is 9.34. The van der Waals surface area contributed by atoms with Gasteiger partial charge in [-0.3, -0.25) is 9.35 Å². The lowest BCUT2D eigenvalue weighted by molar-refractivity contribution is -0.155. The molecule has 0 aliphatic heterocycles. The first-order valence-electron chi connectivity index (χ1n) is 12.6. The van der Waals surface area contributed by atoms with E-state index in [1.54, 1.807) is 0 Å². The Morgan fingerprint density at radius 2 is 1.51 bits per heavy atom. The minimum atomic E-state index is -4.90. The average molecular weight is 535 g/mol. The number of carbonyl (C=O) groups excluding carboxylic acids is 1. The fourth-order valence-electron chi connectivity index (χ4n) is 3.66. The maximum atomic E-state index is 12.4. The smallest absolute Gasteiger partial charge is 0.306 e. The fraction of sp³-hybridized carbons (Fsp3) is 0.731. The molecule has 0 aliphatic carbocycles. The first-order chi connectivity index (χ1) is 16.4. The monoisotopic (exact) mass is 534 g/mol. The number of unbranched alkanes of at least 4 members (excludes halogenated alkanes) is 3. The van der Waals surface area contributed by atoms with Crippen molar-refractivity contribution in [2.24, 2.45) is 0 Å². The van der Waals surface area contributed by atoms with Gasteiger partial charge in [-0.1, -0.05) is 61.1 Å². The van der Waals surface area contributed by atoms with Crippen molar-refractivity contribution in [3.63, 3.8) is 0 Å². The zero-order chi connectivity index (χ0) is 26.9. The number of methoxy groups -OCH3 is 1. The van der Waals surface area contributed by atoms with E-state index in [-0.39, 0.29) is 12.8 Å². The average Bonchev–Trinajstić information content (AvgIpc) is 2.76. The minimum Gasteiger partial charge on any atom is -0.457 e. The van der Waals surface area contributed by atoms with Gasteiger partial charge in [-0.15, -0.1) is 0 Å². The van der Waals surface area contributed by atoms with Gasteiger partial charge in [-0.05, 0) is 72.6 Å². The number of rotatable bonds is 19. The highest BCUT2D eigenvalue weighted by molar-refractivity contribution is 7.91. The van der Waals surface area contributed by atoms with Crippen molar-refractivity contribution in [1.82, 2.24) is 0 Å². The molecular weight excluding hydrogens is 487 g/mol. The summed E-state index contributed by atoms with van der Waals surface area (Å²) < 4.78 is 53.9. The van der Waals surface area contributed by atoms with Crippen molar-refractivity contribution in [3.05, 3.63) is 34.9 Å². The van der Waals surface area contributed by atoms with E-state index in [0.717, 1.165) is 57.6 Å². The third-order valence-corrected chi connectivity index (χ3v) is 9.24. The van der Waals surface area contributed by atoms with Crippen LogP contribution < -0.4 is 0 Å². The summed E-state index contributed by atoms with van der Waals surface area (Å²) in [4.78, 5) is 12.4. The van der Waals surface area contributed by atoms with Gasteiger partial charge in [0.05, 0.1) is 0 Å². The maximum absolute atomic E-state index is 12.4. The van der Waals surface area contributed by atoms with Crippen molar-refractivity contribution in [1.29, 1.82) is 0 Å². The highest BCUT2D eigenvalue weighted by Crippen LogP contribution is 2.38. The summed E-state index contributed by atoms with van der Waals surface area (Å²) in [5.74, 6) is -0.585. The molecule has 0 aliphatic rings. The third-order valence-electron chi connectivity index (χ3n) is 5.89. The standard InChI is InChI=1S/C26H47O7PS/c1-7-8-9-10-20-25(27)33-24(26(32-6,34-28)35(29,30)31)19-13-18-23(5)17-12-16-22(4)15-11-14-21(2)3/h14,16,18,24H,7-13,15,17,19-20,34H2,1-6H3,(H,29,30,31). The van der Waals surface area contributed by atoms with Crippen molar-refractivity contribution < 1.29 is 31.8 Å². The van der Waals surface area contributed by atoms with Crippen LogP contribution in [0.25, 0.3) is 0 Å². The third kappa shape index (κ3) is 13.6. The molecule has 0 aromatic heterocycles. The zero-order valence-corrected chi connectivity index (χ0v) is 24.4. The van der Waals surface area contributed by atoms with Gasteiger partial charge in [0.1, 0.15) is 8.46 Å². The highest BCUT2D eigenvalue weighted by atomic mass is 32.2. The van der Waals surface area contributed by atoms with Gasteiger partial charge >= 0.3 is 16.1 Å². The molecule has 0 fully saturated rings. The van der Waals surface area contributed by atoms with Crippen LogP contribution >= 0.6 is 8.46 Å². The molecule has 9 heteroatoms. The van der Waals surface area contributed by atoms with Gasteiger partial charge < -0.3 is 14.0 Å². The molecule has 204 valence electrons. The lowest BCUT2D eigenvalue weighted by atomic mass is 10.0. The lowest BCUT2D eigenvalue weighted by Crippen LogP contribution is -2.48.